The number of thiophene rings is 1. The van der Waals surface area contributed by atoms with E-state index in [9.17, 15) is 0 Å². The monoisotopic (exact) mass is 621 g/mol. The standard InChI is InChI=1S/C40H39N5S/c1-24(2)29-14-9-15-30(25(3)4)36(29)45-38(41-23-42-45)27-12-8-13-28(22-27)40(6,7)35-19-11-18-34(44-35)33-17-10-16-31-32-21-20-26(5)43-39(32)46-37(31)33/h8-25H,1-7H3. The first-order chi connectivity index (χ1) is 22.1. The van der Waals surface area contributed by atoms with E-state index in [1.54, 1.807) is 17.7 Å². The van der Waals surface area contributed by atoms with Gasteiger partial charge in [0, 0.05) is 37.7 Å². The number of aryl methyl sites for hydroxylation is 1. The zero-order chi connectivity index (χ0) is 32.2. The van der Waals surface area contributed by atoms with Crippen LogP contribution in [0, 0.1) is 6.92 Å². The van der Waals surface area contributed by atoms with Gasteiger partial charge >= 0.3 is 0 Å². The Kier molecular flexibility index (Phi) is 7.56. The van der Waals surface area contributed by atoms with Crippen LogP contribution in [0.25, 0.3) is 48.6 Å². The number of benzene rings is 3. The Morgan fingerprint density at radius 1 is 0.739 bits per heavy atom. The molecule has 0 spiro atoms. The number of rotatable bonds is 7. The van der Waals surface area contributed by atoms with Crippen LogP contribution in [0.2, 0.25) is 0 Å². The fourth-order valence-electron chi connectivity index (χ4n) is 6.46. The van der Waals surface area contributed by atoms with E-state index in [-0.39, 0.29) is 5.41 Å². The van der Waals surface area contributed by atoms with Crippen molar-refractivity contribution < 1.29 is 0 Å². The van der Waals surface area contributed by atoms with Crippen LogP contribution < -0.4 is 0 Å². The molecular weight excluding hydrogens is 583 g/mol. The van der Waals surface area contributed by atoms with Gasteiger partial charge in [-0.25, -0.2) is 14.6 Å². The lowest BCUT2D eigenvalue weighted by Crippen LogP contribution is -2.21. The number of aromatic nitrogens is 5. The highest BCUT2D eigenvalue weighted by atomic mass is 32.1. The molecule has 230 valence electrons. The maximum Gasteiger partial charge on any atom is 0.163 e. The van der Waals surface area contributed by atoms with Crippen molar-refractivity contribution in [1.29, 1.82) is 0 Å². The molecule has 0 aliphatic carbocycles. The molecule has 0 saturated carbocycles. The number of hydrogen-bond acceptors (Lipinski definition) is 5. The molecule has 0 saturated heterocycles. The summed E-state index contributed by atoms with van der Waals surface area (Å²) in [6.07, 6.45) is 1.67. The molecule has 0 radical (unpaired) electrons. The Morgan fingerprint density at radius 2 is 1.46 bits per heavy atom. The molecule has 46 heavy (non-hydrogen) atoms. The van der Waals surface area contributed by atoms with Crippen molar-refractivity contribution in [3.05, 3.63) is 125 Å². The summed E-state index contributed by atoms with van der Waals surface area (Å²) in [7, 11) is 0. The Balaban J connectivity index is 1.30. The van der Waals surface area contributed by atoms with Crippen LogP contribution >= 0.6 is 11.3 Å². The summed E-state index contributed by atoms with van der Waals surface area (Å²) in [6, 6.07) is 32.5. The second kappa shape index (κ2) is 11.6. The van der Waals surface area contributed by atoms with E-state index >= 15 is 0 Å². The van der Waals surface area contributed by atoms with Gasteiger partial charge in [0.05, 0.1) is 17.1 Å². The van der Waals surface area contributed by atoms with Crippen LogP contribution in [0.1, 0.15) is 81.5 Å². The third-order valence-electron chi connectivity index (χ3n) is 9.11. The highest BCUT2D eigenvalue weighted by molar-refractivity contribution is 7.26. The third-order valence-corrected chi connectivity index (χ3v) is 10.3. The molecule has 0 fully saturated rings. The first-order valence-electron chi connectivity index (χ1n) is 16.0. The van der Waals surface area contributed by atoms with Crippen LogP contribution in [0.15, 0.2) is 97.3 Å². The van der Waals surface area contributed by atoms with Crippen molar-refractivity contribution in [2.75, 3.05) is 0 Å². The average molecular weight is 622 g/mol. The molecule has 4 heterocycles. The first kappa shape index (κ1) is 30.0. The smallest absolute Gasteiger partial charge is 0.163 e. The van der Waals surface area contributed by atoms with Crippen LogP contribution in [0.4, 0.5) is 0 Å². The van der Waals surface area contributed by atoms with Gasteiger partial charge in [0.1, 0.15) is 11.2 Å². The van der Waals surface area contributed by atoms with E-state index in [0.717, 1.165) is 44.6 Å². The van der Waals surface area contributed by atoms with Crippen molar-refractivity contribution in [2.24, 2.45) is 0 Å². The van der Waals surface area contributed by atoms with Gasteiger partial charge in [0.15, 0.2) is 5.82 Å². The minimum atomic E-state index is -0.359. The predicted octanol–water partition coefficient (Wildman–Crippen LogP) is 10.6. The van der Waals surface area contributed by atoms with Crippen LogP contribution in [-0.4, -0.2) is 24.7 Å². The maximum atomic E-state index is 5.30. The Hall–Kier alpha value is -4.68. The topological polar surface area (TPSA) is 56.5 Å². The summed E-state index contributed by atoms with van der Waals surface area (Å²) in [4.78, 5) is 16.0. The molecule has 7 rings (SSSR count). The SMILES string of the molecule is Cc1ccc2c(n1)sc1c(-c3cccc(C(C)(C)c4cccc(-c5ncnn5-c5c(C(C)C)cccc5C(C)C)c4)n3)cccc12. The summed E-state index contributed by atoms with van der Waals surface area (Å²) in [5, 5.41) is 7.21. The highest BCUT2D eigenvalue weighted by Gasteiger charge is 2.27. The van der Waals surface area contributed by atoms with Gasteiger partial charge in [-0.15, -0.1) is 11.3 Å². The molecule has 6 heteroatoms. The maximum absolute atomic E-state index is 5.30. The van der Waals surface area contributed by atoms with E-state index in [4.69, 9.17) is 20.1 Å². The van der Waals surface area contributed by atoms with Gasteiger partial charge < -0.3 is 0 Å². The fraction of sp³-hybridized carbons (Fsp3) is 0.250. The molecule has 5 nitrogen and oxygen atoms in total. The average Bonchev–Trinajstić information content (AvgIpc) is 3.69. The number of hydrogen-bond donors (Lipinski definition) is 0. The number of para-hydroxylation sites is 1. The lowest BCUT2D eigenvalue weighted by atomic mass is 9.80. The van der Waals surface area contributed by atoms with E-state index in [1.165, 1.54) is 32.2 Å². The van der Waals surface area contributed by atoms with E-state index in [2.05, 4.69) is 133 Å². The first-order valence-corrected chi connectivity index (χ1v) is 16.9. The van der Waals surface area contributed by atoms with Gasteiger partial charge in [0.25, 0.3) is 0 Å². The van der Waals surface area contributed by atoms with E-state index in [0.29, 0.717) is 11.8 Å². The molecule has 0 N–H and O–H groups in total. The van der Waals surface area contributed by atoms with Gasteiger partial charge in [-0.3, -0.25) is 4.98 Å². The molecule has 0 unspecified atom stereocenters. The van der Waals surface area contributed by atoms with Crippen LogP contribution in [0.3, 0.4) is 0 Å². The van der Waals surface area contributed by atoms with Crippen LogP contribution in [0.5, 0.6) is 0 Å². The van der Waals surface area contributed by atoms with Gasteiger partial charge in [-0.05, 0) is 65.8 Å². The van der Waals surface area contributed by atoms with Gasteiger partial charge in [-0.1, -0.05) is 102 Å². The molecule has 4 aromatic heterocycles. The van der Waals surface area contributed by atoms with Crippen molar-refractivity contribution in [1.82, 2.24) is 24.7 Å². The van der Waals surface area contributed by atoms with Gasteiger partial charge in [0.2, 0.25) is 0 Å². The van der Waals surface area contributed by atoms with Crippen molar-refractivity contribution >= 4 is 31.6 Å². The van der Waals surface area contributed by atoms with Gasteiger partial charge in [-0.2, -0.15) is 5.10 Å². The molecule has 0 atom stereocenters. The summed E-state index contributed by atoms with van der Waals surface area (Å²) >= 11 is 1.75. The summed E-state index contributed by atoms with van der Waals surface area (Å²) in [5.41, 5.74) is 9.70. The Labute approximate surface area is 275 Å². The lowest BCUT2D eigenvalue weighted by Gasteiger charge is -2.26. The predicted molar refractivity (Wildman–Crippen MR) is 192 cm³/mol. The normalized spacial score (nSPS) is 12.2. The van der Waals surface area contributed by atoms with E-state index < -0.39 is 0 Å². The zero-order valence-electron chi connectivity index (χ0n) is 27.5. The largest absolute Gasteiger partial charge is 0.252 e. The molecular formula is C40H39N5S. The molecule has 7 aromatic rings. The van der Waals surface area contributed by atoms with Crippen molar-refractivity contribution in [3.63, 3.8) is 0 Å². The van der Waals surface area contributed by atoms with Crippen LogP contribution in [-0.2, 0) is 5.41 Å². The molecule has 3 aromatic carbocycles. The quantitative estimate of drug-likeness (QED) is 0.178. The van der Waals surface area contributed by atoms with E-state index in [1.807, 2.05) is 11.6 Å². The molecule has 0 aliphatic heterocycles. The lowest BCUT2D eigenvalue weighted by molar-refractivity contribution is 0.618. The number of nitrogens with zero attached hydrogens (tertiary/aromatic N) is 5. The highest BCUT2D eigenvalue weighted by Crippen LogP contribution is 2.40. The minimum Gasteiger partial charge on any atom is -0.252 e. The van der Waals surface area contributed by atoms with Crippen molar-refractivity contribution in [3.8, 4) is 28.3 Å². The summed E-state index contributed by atoms with van der Waals surface area (Å²) in [5.74, 6) is 1.55. The molecule has 0 amide bonds. The second-order valence-corrected chi connectivity index (χ2v) is 14.3. The zero-order valence-corrected chi connectivity index (χ0v) is 28.4. The number of pyridine rings is 2. The Bertz CT molecular complexity index is 2190. The van der Waals surface area contributed by atoms with Crippen molar-refractivity contribution in [2.45, 2.75) is 65.7 Å². The Morgan fingerprint density at radius 3 is 2.22 bits per heavy atom. The fourth-order valence-corrected chi connectivity index (χ4v) is 7.70. The summed E-state index contributed by atoms with van der Waals surface area (Å²) in [6.45, 7) is 15.5. The summed E-state index contributed by atoms with van der Waals surface area (Å²) < 4.78 is 3.26. The molecule has 0 bridgehead atoms. The second-order valence-electron chi connectivity index (χ2n) is 13.3. The number of fused-ring (bicyclic) bond motifs is 3. The minimum absolute atomic E-state index is 0.355. The molecule has 0 aliphatic rings. The third kappa shape index (κ3) is 5.11.